The molecule has 168 valence electrons. The predicted octanol–water partition coefficient (Wildman–Crippen LogP) is 4.77. The van der Waals surface area contributed by atoms with E-state index in [4.69, 9.17) is 0 Å². The minimum Gasteiger partial charge on any atom is -0.341 e. The van der Waals surface area contributed by atoms with Gasteiger partial charge in [-0.05, 0) is 81.1 Å². The van der Waals surface area contributed by atoms with Gasteiger partial charge in [0.05, 0.1) is 4.90 Å². The molecule has 2 N–H and O–H groups in total. The van der Waals surface area contributed by atoms with E-state index in [0.717, 1.165) is 49.3 Å². The number of hydrogen-bond acceptors (Lipinski definition) is 6. The fourth-order valence-corrected chi connectivity index (χ4v) is 5.03. The van der Waals surface area contributed by atoms with Gasteiger partial charge in [-0.1, -0.05) is 0 Å². The van der Waals surface area contributed by atoms with E-state index in [1.807, 2.05) is 13.0 Å². The molecule has 7 nitrogen and oxygen atoms in total. The zero-order valence-electron chi connectivity index (χ0n) is 18.1. The van der Waals surface area contributed by atoms with Crippen LogP contribution in [0.1, 0.15) is 30.5 Å². The standard InChI is InChI=1S/C23H26FN5O2S/c1-16-14-18(24)6-11-21(16)32(30,31)28-20-9-7-19(8-10-20)26-22-15-17(2)25-23(27-22)29-12-4-3-5-13-29/h6-11,14-15,28H,3-5,12-13H2,1-2H3,(H,25,26,27). The normalized spacial score (nSPS) is 14.3. The zero-order chi connectivity index (χ0) is 22.7. The highest BCUT2D eigenvalue weighted by atomic mass is 32.2. The quantitative estimate of drug-likeness (QED) is 0.557. The van der Waals surface area contributed by atoms with E-state index in [1.165, 1.54) is 18.6 Å². The van der Waals surface area contributed by atoms with Crippen molar-refractivity contribution in [2.24, 2.45) is 0 Å². The molecule has 0 aliphatic carbocycles. The molecular formula is C23H26FN5O2S. The van der Waals surface area contributed by atoms with Crippen LogP contribution < -0.4 is 14.9 Å². The second kappa shape index (κ2) is 9.12. The first-order valence-electron chi connectivity index (χ1n) is 10.6. The van der Waals surface area contributed by atoms with Gasteiger partial charge in [-0.2, -0.15) is 4.98 Å². The lowest BCUT2D eigenvalue weighted by atomic mass is 10.1. The van der Waals surface area contributed by atoms with Gasteiger partial charge < -0.3 is 10.2 Å². The summed E-state index contributed by atoms with van der Waals surface area (Å²) in [5.41, 5.74) is 2.40. The van der Waals surface area contributed by atoms with Crippen molar-refractivity contribution in [3.63, 3.8) is 0 Å². The van der Waals surface area contributed by atoms with Gasteiger partial charge >= 0.3 is 0 Å². The van der Waals surface area contributed by atoms with E-state index >= 15 is 0 Å². The molecule has 1 aliphatic heterocycles. The van der Waals surface area contributed by atoms with Crippen LogP contribution in [0.4, 0.5) is 27.5 Å². The molecule has 0 saturated carbocycles. The highest BCUT2D eigenvalue weighted by Gasteiger charge is 2.18. The number of sulfonamides is 1. The molecule has 4 rings (SSSR count). The molecule has 2 aromatic carbocycles. The van der Waals surface area contributed by atoms with Crippen LogP contribution in [-0.4, -0.2) is 31.5 Å². The van der Waals surface area contributed by atoms with Crippen molar-refractivity contribution < 1.29 is 12.8 Å². The average Bonchev–Trinajstić information content (AvgIpc) is 2.75. The van der Waals surface area contributed by atoms with Crippen molar-refractivity contribution in [3.8, 4) is 0 Å². The van der Waals surface area contributed by atoms with Crippen LogP contribution >= 0.6 is 0 Å². The van der Waals surface area contributed by atoms with E-state index in [1.54, 1.807) is 31.2 Å². The molecule has 0 unspecified atom stereocenters. The van der Waals surface area contributed by atoms with Crippen molar-refractivity contribution in [2.45, 2.75) is 38.0 Å². The number of nitrogens with one attached hydrogen (secondary N) is 2. The van der Waals surface area contributed by atoms with Gasteiger partial charge in [-0.3, -0.25) is 4.72 Å². The fourth-order valence-electron chi connectivity index (χ4n) is 3.75. The van der Waals surface area contributed by atoms with Crippen LogP contribution in [0.5, 0.6) is 0 Å². The van der Waals surface area contributed by atoms with Crippen LogP contribution in [0.15, 0.2) is 53.4 Å². The third-order valence-corrected chi connectivity index (χ3v) is 6.86. The minimum atomic E-state index is -3.82. The molecular weight excluding hydrogens is 429 g/mol. The van der Waals surface area contributed by atoms with E-state index in [2.05, 4.69) is 24.9 Å². The largest absolute Gasteiger partial charge is 0.341 e. The van der Waals surface area contributed by atoms with Crippen LogP contribution in [-0.2, 0) is 10.0 Å². The third kappa shape index (κ3) is 5.16. The Hall–Kier alpha value is -3.20. The molecule has 0 atom stereocenters. The molecule has 0 amide bonds. The summed E-state index contributed by atoms with van der Waals surface area (Å²) in [4.78, 5) is 11.5. The number of rotatable bonds is 6. The first-order valence-corrected chi connectivity index (χ1v) is 12.1. The Labute approximate surface area is 187 Å². The number of piperidine rings is 1. The first kappa shape index (κ1) is 22.0. The summed E-state index contributed by atoms with van der Waals surface area (Å²) in [6, 6.07) is 12.3. The lowest BCUT2D eigenvalue weighted by molar-refractivity contribution is 0.568. The Bertz CT molecular complexity index is 1210. The highest BCUT2D eigenvalue weighted by Crippen LogP contribution is 2.24. The van der Waals surface area contributed by atoms with Crippen molar-refractivity contribution in [3.05, 3.63) is 65.6 Å². The number of hydrogen-bond donors (Lipinski definition) is 2. The summed E-state index contributed by atoms with van der Waals surface area (Å²) in [7, 11) is -3.82. The van der Waals surface area contributed by atoms with Gasteiger partial charge in [0.2, 0.25) is 5.95 Å². The topological polar surface area (TPSA) is 87.2 Å². The van der Waals surface area contributed by atoms with Crippen LogP contribution in [0.3, 0.4) is 0 Å². The fraction of sp³-hybridized carbons (Fsp3) is 0.304. The van der Waals surface area contributed by atoms with Crippen molar-refractivity contribution in [1.82, 2.24) is 9.97 Å². The first-order chi connectivity index (χ1) is 15.3. The Morgan fingerprint density at radius 1 is 0.906 bits per heavy atom. The Kier molecular flexibility index (Phi) is 6.27. The SMILES string of the molecule is Cc1cc(Nc2ccc(NS(=O)(=O)c3ccc(F)cc3C)cc2)nc(N2CCCCC2)n1. The molecule has 1 aliphatic rings. The molecule has 1 aromatic heterocycles. The summed E-state index contributed by atoms with van der Waals surface area (Å²) in [5, 5.41) is 3.26. The van der Waals surface area contributed by atoms with Crippen LogP contribution in [0.25, 0.3) is 0 Å². The lowest BCUT2D eigenvalue weighted by Crippen LogP contribution is -2.31. The minimum absolute atomic E-state index is 0.0443. The van der Waals surface area contributed by atoms with Crippen LogP contribution in [0.2, 0.25) is 0 Å². The van der Waals surface area contributed by atoms with Gasteiger partial charge in [-0.25, -0.2) is 17.8 Å². The molecule has 1 fully saturated rings. The molecule has 3 aromatic rings. The molecule has 9 heteroatoms. The number of aryl methyl sites for hydroxylation is 2. The second-order valence-electron chi connectivity index (χ2n) is 7.96. The van der Waals surface area contributed by atoms with Gasteiger partial charge in [0.15, 0.2) is 0 Å². The molecule has 1 saturated heterocycles. The third-order valence-electron chi connectivity index (χ3n) is 5.32. The highest BCUT2D eigenvalue weighted by molar-refractivity contribution is 7.92. The smallest absolute Gasteiger partial charge is 0.262 e. The molecule has 0 radical (unpaired) electrons. The zero-order valence-corrected chi connectivity index (χ0v) is 18.9. The summed E-state index contributed by atoms with van der Waals surface area (Å²) in [6.45, 7) is 5.43. The molecule has 32 heavy (non-hydrogen) atoms. The monoisotopic (exact) mass is 455 g/mol. The Balaban J connectivity index is 1.48. The summed E-state index contributed by atoms with van der Waals surface area (Å²) in [6.07, 6.45) is 3.54. The summed E-state index contributed by atoms with van der Waals surface area (Å²) in [5.74, 6) is 0.944. The van der Waals surface area contributed by atoms with E-state index < -0.39 is 15.8 Å². The number of nitrogens with zero attached hydrogens (tertiary/aromatic N) is 3. The van der Waals surface area contributed by atoms with Gasteiger partial charge in [0, 0.05) is 36.2 Å². The molecule has 2 heterocycles. The number of benzene rings is 2. The van der Waals surface area contributed by atoms with E-state index in [9.17, 15) is 12.8 Å². The van der Waals surface area contributed by atoms with Gasteiger partial charge in [0.25, 0.3) is 10.0 Å². The maximum atomic E-state index is 13.3. The lowest BCUT2D eigenvalue weighted by Gasteiger charge is -2.27. The van der Waals surface area contributed by atoms with Crippen molar-refractivity contribution >= 4 is 33.2 Å². The van der Waals surface area contributed by atoms with Crippen LogP contribution in [0, 0.1) is 19.7 Å². The average molecular weight is 456 g/mol. The maximum absolute atomic E-state index is 13.3. The number of aromatic nitrogens is 2. The molecule has 0 bridgehead atoms. The Morgan fingerprint density at radius 2 is 1.59 bits per heavy atom. The Morgan fingerprint density at radius 3 is 2.28 bits per heavy atom. The second-order valence-corrected chi connectivity index (χ2v) is 9.61. The summed E-state index contributed by atoms with van der Waals surface area (Å²) < 4.78 is 41.2. The van der Waals surface area contributed by atoms with Gasteiger partial charge in [-0.15, -0.1) is 0 Å². The van der Waals surface area contributed by atoms with Gasteiger partial charge in [0.1, 0.15) is 11.6 Å². The molecule has 0 spiro atoms. The number of anilines is 4. The van der Waals surface area contributed by atoms with Crippen molar-refractivity contribution in [2.75, 3.05) is 28.0 Å². The number of halogens is 1. The van der Waals surface area contributed by atoms with Crippen molar-refractivity contribution in [1.29, 1.82) is 0 Å². The van der Waals surface area contributed by atoms with E-state index in [-0.39, 0.29) is 4.90 Å². The summed E-state index contributed by atoms with van der Waals surface area (Å²) >= 11 is 0. The van der Waals surface area contributed by atoms with E-state index in [0.29, 0.717) is 17.1 Å². The maximum Gasteiger partial charge on any atom is 0.262 e. The predicted molar refractivity (Wildman–Crippen MR) is 125 cm³/mol.